The minimum Gasteiger partial charge on any atom is -0.381 e. The summed E-state index contributed by atoms with van der Waals surface area (Å²) in [5, 5.41) is 0.766. The number of allylic oxidation sites excluding steroid dienone is 2. The van der Waals surface area contributed by atoms with Crippen molar-refractivity contribution in [3.05, 3.63) is 11.8 Å². The van der Waals surface area contributed by atoms with E-state index in [9.17, 15) is 0 Å². The lowest BCUT2D eigenvalue weighted by Crippen LogP contribution is -2.13. The third-order valence-electron chi connectivity index (χ3n) is 3.32. The lowest BCUT2D eigenvalue weighted by Gasteiger charge is -2.19. The fourth-order valence-corrected chi connectivity index (χ4v) is 3.06. The van der Waals surface area contributed by atoms with Gasteiger partial charge in [0, 0.05) is 37.8 Å². The molecule has 19 heavy (non-hydrogen) atoms. The van der Waals surface area contributed by atoms with Gasteiger partial charge in [-0.2, -0.15) is 11.8 Å². The molecule has 0 radical (unpaired) electrons. The van der Waals surface area contributed by atoms with Gasteiger partial charge in [-0.3, -0.25) is 4.99 Å². The molecule has 0 spiro atoms. The van der Waals surface area contributed by atoms with E-state index in [2.05, 4.69) is 69.5 Å². The smallest absolute Gasteiger partial charge is 0.0360 e. The van der Waals surface area contributed by atoms with Crippen molar-refractivity contribution in [1.29, 1.82) is 0 Å². The Labute approximate surface area is 124 Å². The van der Waals surface area contributed by atoms with Gasteiger partial charge in [0.25, 0.3) is 0 Å². The van der Waals surface area contributed by atoms with E-state index in [1.807, 2.05) is 6.21 Å². The Hall–Kier alpha value is -0.440. The maximum Gasteiger partial charge on any atom is 0.0360 e. The first-order valence-corrected chi connectivity index (χ1v) is 8.53. The molecule has 112 valence electrons. The lowest BCUT2D eigenvalue weighted by molar-refractivity contribution is 0.495. The van der Waals surface area contributed by atoms with E-state index in [4.69, 9.17) is 0 Å². The van der Waals surface area contributed by atoms with E-state index < -0.39 is 0 Å². The van der Waals surface area contributed by atoms with E-state index >= 15 is 0 Å². The van der Waals surface area contributed by atoms with Gasteiger partial charge in [-0.05, 0) is 37.5 Å². The first-order chi connectivity index (χ1) is 9.01. The number of aliphatic imine (C=N–C) groups is 1. The quantitative estimate of drug-likeness (QED) is 0.550. The van der Waals surface area contributed by atoms with Gasteiger partial charge in [0.1, 0.15) is 0 Å². The number of thioether (sulfide) groups is 1. The van der Waals surface area contributed by atoms with Crippen LogP contribution in [0.3, 0.4) is 0 Å². The highest BCUT2D eigenvalue weighted by molar-refractivity contribution is 7.99. The zero-order valence-electron chi connectivity index (χ0n) is 13.6. The molecule has 0 aromatic heterocycles. The van der Waals surface area contributed by atoms with Gasteiger partial charge in [0.05, 0.1) is 0 Å². The van der Waals surface area contributed by atoms with Crippen molar-refractivity contribution >= 4 is 18.0 Å². The van der Waals surface area contributed by atoms with Crippen LogP contribution in [0, 0.1) is 5.92 Å². The third-order valence-corrected chi connectivity index (χ3v) is 4.52. The van der Waals surface area contributed by atoms with Crippen molar-refractivity contribution in [2.75, 3.05) is 26.4 Å². The molecule has 0 aliphatic rings. The number of rotatable bonds is 10. The Kier molecular flexibility index (Phi) is 11.1. The van der Waals surface area contributed by atoms with E-state index in [1.165, 1.54) is 24.3 Å². The third kappa shape index (κ3) is 10.1. The Bertz CT molecular complexity index is 272. The van der Waals surface area contributed by atoms with Crippen molar-refractivity contribution < 1.29 is 0 Å². The topological polar surface area (TPSA) is 15.6 Å². The predicted octanol–water partition coefficient (Wildman–Crippen LogP) is 4.47. The monoisotopic (exact) mass is 284 g/mol. The second kappa shape index (κ2) is 11.4. The molecule has 0 aromatic rings. The molecule has 2 nitrogen and oxygen atoms in total. The molecular formula is C16H32N2S. The molecule has 0 aliphatic carbocycles. The number of hydrogen-bond donors (Lipinski definition) is 0. The van der Waals surface area contributed by atoms with Gasteiger partial charge in [-0.1, -0.05) is 27.2 Å². The van der Waals surface area contributed by atoms with E-state index in [-0.39, 0.29) is 0 Å². The van der Waals surface area contributed by atoms with Crippen molar-refractivity contribution in [3.63, 3.8) is 0 Å². The predicted molar refractivity (Wildman–Crippen MR) is 91.4 cm³/mol. The number of nitrogens with zero attached hydrogens (tertiary/aromatic N) is 2. The summed E-state index contributed by atoms with van der Waals surface area (Å²) in [6.45, 7) is 9.91. The van der Waals surface area contributed by atoms with E-state index in [1.54, 1.807) is 0 Å². The van der Waals surface area contributed by atoms with Crippen LogP contribution in [0.15, 0.2) is 16.8 Å². The molecule has 0 amide bonds. The zero-order chi connectivity index (χ0) is 14.7. The van der Waals surface area contributed by atoms with Gasteiger partial charge in [-0.15, -0.1) is 0 Å². The van der Waals surface area contributed by atoms with Crippen LogP contribution in [0.5, 0.6) is 0 Å². The van der Waals surface area contributed by atoms with Gasteiger partial charge < -0.3 is 4.90 Å². The summed E-state index contributed by atoms with van der Waals surface area (Å²) in [5.41, 5.74) is 1.36. The standard InChI is InChI=1S/C16H32N2S/c1-7-14(3)13-15(4)19-12-10-16(18(5)6)9-11-17-8-2/h9,11,14-15H,7-8,10,12-13H2,1-6H3/b16-9-,17-11?/t14?,15-/m1/s1. The highest BCUT2D eigenvalue weighted by atomic mass is 32.2. The maximum absolute atomic E-state index is 4.25. The zero-order valence-corrected chi connectivity index (χ0v) is 14.5. The van der Waals surface area contributed by atoms with Crippen LogP contribution in [0.4, 0.5) is 0 Å². The summed E-state index contributed by atoms with van der Waals surface area (Å²) < 4.78 is 0. The van der Waals surface area contributed by atoms with Gasteiger partial charge in [0.2, 0.25) is 0 Å². The van der Waals surface area contributed by atoms with Crippen molar-refractivity contribution in [2.24, 2.45) is 10.9 Å². The molecule has 1 unspecified atom stereocenters. The molecule has 0 heterocycles. The second-order valence-electron chi connectivity index (χ2n) is 5.38. The van der Waals surface area contributed by atoms with Gasteiger partial charge in [-0.25, -0.2) is 0 Å². The molecule has 0 N–H and O–H groups in total. The maximum atomic E-state index is 4.25. The summed E-state index contributed by atoms with van der Waals surface area (Å²) in [4.78, 5) is 6.45. The molecule has 0 aliphatic heterocycles. The van der Waals surface area contributed by atoms with Crippen LogP contribution < -0.4 is 0 Å². The molecule has 0 saturated heterocycles. The second-order valence-corrected chi connectivity index (χ2v) is 6.93. The van der Waals surface area contributed by atoms with Gasteiger partial charge >= 0.3 is 0 Å². The summed E-state index contributed by atoms with van der Waals surface area (Å²) >= 11 is 2.09. The molecule has 0 rings (SSSR count). The SMILES string of the molecule is CCN=C/C=C(/CCS[C@H](C)CC(C)CC)N(C)C. The molecule has 3 heteroatoms. The average Bonchev–Trinajstić information content (AvgIpc) is 2.36. The normalized spacial score (nSPS) is 15.8. The molecular weight excluding hydrogens is 252 g/mol. The first-order valence-electron chi connectivity index (χ1n) is 7.49. The molecule has 0 bridgehead atoms. The average molecular weight is 285 g/mol. The summed E-state index contributed by atoms with van der Waals surface area (Å²) in [6, 6.07) is 0. The van der Waals surface area contributed by atoms with Crippen molar-refractivity contribution in [1.82, 2.24) is 4.90 Å². The lowest BCUT2D eigenvalue weighted by atomic mass is 10.0. The molecule has 0 fully saturated rings. The summed E-state index contributed by atoms with van der Waals surface area (Å²) in [7, 11) is 4.22. The Morgan fingerprint density at radius 2 is 1.95 bits per heavy atom. The van der Waals surface area contributed by atoms with Crippen LogP contribution in [0.25, 0.3) is 0 Å². The molecule has 0 aromatic carbocycles. The highest BCUT2D eigenvalue weighted by Gasteiger charge is 2.08. The first kappa shape index (κ1) is 18.6. The van der Waals surface area contributed by atoms with Crippen LogP contribution in [0.2, 0.25) is 0 Å². The van der Waals surface area contributed by atoms with Crippen LogP contribution in [-0.2, 0) is 0 Å². The highest BCUT2D eigenvalue weighted by Crippen LogP contribution is 2.22. The van der Waals surface area contributed by atoms with Crippen LogP contribution in [-0.4, -0.2) is 42.8 Å². The van der Waals surface area contributed by atoms with Crippen LogP contribution >= 0.6 is 11.8 Å². The Balaban J connectivity index is 4.06. The minimum absolute atomic E-state index is 0.766. The van der Waals surface area contributed by atoms with Crippen LogP contribution in [0.1, 0.15) is 47.0 Å². The van der Waals surface area contributed by atoms with E-state index in [0.29, 0.717) is 0 Å². The molecule has 0 saturated carbocycles. The Morgan fingerprint density at radius 1 is 1.26 bits per heavy atom. The fraction of sp³-hybridized carbons (Fsp3) is 0.812. The van der Waals surface area contributed by atoms with Crippen molar-refractivity contribution in [2.45, 2.75) is 52.2 Å². The summed E-state index contributed by atoms with van der Waals surface area (Å²) in [5.74, 6) is 2.05. The minimum atomic E-state index is 0.766. The Morgan fingerprint density at radius 3 is 2.47 bits per heavy atom. The molecule has 2 atom stereocenters. The fourth-order valence-electron chi connectivity index (χ4n) is 1.87. The largest absolute Gasteiger partial charge is 0.381 e. The van der Waals surface area contributed by atoms with Crippen molar-refractivity contribution in [3.8, 4) is 0 Å². The van der Waals surface area contributed by atoms with Gasteiger partial charge in [0.15, 0.2) is 0 Å². The number of hydrogen-bond acceptors (Lipinski definition) is 3. The van der Waals surface area contributed by atoms with E-state index in [0.717, 1.165) is 24.1 Å². The summed E-state index contributed by atoms with van der Waals surface area (Å²) in [6.07, 6.45) is 7.82.